The number of benzene rings is 2. The summed E-state index contributed by atoms with van der Waals surface area (Å²) in [7, 11) is 0. The van der Waals surface area contributed by atoms with Crippen LogP contribution in [0.5, 0.6) is 0 Å². The first-order valence-corrected chi connectivity index (χ1v) is 9.18. The molecule has 1 N–H and O–H groups in total. The standard InChI is InChI=1S/C21H24N2O/c24-21-13-16-5-1-3-7-18(16)23(19-8-4-2-6-17(19)21)20-14-22-11-9-15(20)10-12-22/h1-8,15,20-21,24H,9-14H2. The molecule has 2 atom stereocenters. The highest BCUT2D eigenvalue weighted by molar-refractivity contribution is 5.72. The number of piperidine rings is 3. The Hall–Kier alpha value is -1.84. The van der Waals surface area contributed by atoms with E-state index in [-0.39, 0.29) is 0 Å². The Morgan fingerprint density at radius 3 is 2.33 bits per heavy atom. The fourth-order valence-corrected chi connectivity index (χ4v) is 4.94. The van der Waals surface area contributed by atoms with Gasteiger partial charge in [-0.1, -0.05) is 36.4 Å². The summed E-state index contributed by atoms with van der Waals surface area (Å²) in [6, 6.07) is 17.6. The summed E-state index contributed by atoms with van der Waals surface area (Å²) in [5.74, 6) is 0.756. The smallest absolute Gasteiger partial charge is 0.0851 e. The number of fused-ring (bicyclic) bond motifs is 5. The first-order valence-electron chi connectivity index (χ1n) is 9.18. The van der Waals surface area contributed by atoms with Crippen LogP contribution in [0, 0.1) is 5.92 Å². The lowest BCUT2D eigenvalue weighted by Crippen LogP contribution is -2.56. The summed E-state index contributed by atoms with van der Waals surface area (Å²) in [6.45, 7) is 3.64. The molecule has 0 radical (unpaired) electrons. The van der Waals surface area contributed by atoms with Gasteiger partial charge >= 0.3 is 0 Å². The zero-order chi connectivity index (χ0) is 16.1. The Balaban J connectivity index is 1.69. The molecule has 3 fully saturated rings. The molecule has 2 bridgehead atoms. The minimum absolute atomic E-state index is 0.423. The van der Waals surface area contributed by atoms with Gasteiger partial charge in [-0.15, -0.1) is 0 Å². The number of aliphatic hydroxyl groups excluding tert-OH is 1. The van der Waals surface area contributed by atoms with E-state index in [9.17, 15) is 5.11 Å². The predicted octanol–water partition coefficient (Wildman–Crippen LogP) is 3.51. The van der Waals surface area contributed by atoms with Gasteiger partial charge in [-0.25, -0.2) is 0 Å². The molecule has 0 amide bonds. The molecule has 2 aromatic carbocycles. The van der Waals surface area contributed by atoms with Crippen molar-refractivity contribution < 1.29 is 5.11 Å². The van der Waals surface area contributed by atoms with E-state index in [0.29, 0.717) is 12.5 Å². The van der Waals surface area contributed by atoms with Crippen LogP contribution in [-0.4, -0.2) is 35.7 Å². The molecule has 3 heteroatoms. The highest BCUT2D eigenvalue weighted by Crippen LogP contribution is 2.44. The van der Waals surface area contributed by atoms with E-state index in [1.807, 2.05) is 6.07 Å². The van der Waals surface area contributed by atoms with Crippen molar-refractivity contribution in [2.24, 2.45) is 5.92 Å². The van der Waals surface area contributed by atoms with E-state index in [2.05, 4.69) is 52.3 Å². The van der Waals surface area contributed by atoms with Gasteiger partial charge in [-0.2, -0.15) is 0 Å². The van der Waals surface area contributed by atoms with Crippen molar-refractivity contribution in [3.8, 4) is 0 Å². The Labute approximate surface area is 143 Å². The summed E-state index contributed by atoms with van der Waals surface area (Å²) in [5.41, 5.74) is 4.83. The number of nitrogens with zero attached hydrogens (tertiary/aromatic N) is 2. The largest absolute Gasteiger partial charge is 0.388 e. The van der Waals surface area contributed by atoms with E-state index in [1.54, 1.807) is 0 Å². The SMILES string of the molecule is OC1Cc2ccccc2N(C2CN3CCC2CC3)c2ccccc21. The molecular weight excluding hydrogens is 296 g/mol. The van der Waals surface area contributed by atoms with Crippen LogP contribution in [0.15, 0.2) is 48.5 Å². The van der Waals surface area contributed by atoms with Crippen LogP contribution in [-0.2, 0) is 6.42 Å². The third-order valence-electron chi connectivity index (χ3n) is 6.17. The lowest BCUT2D eigenvalue weighted by Gasteiger charge is -2.50. The van der Waals surface area contributed by atoms with Crippen molar-refractivity contribution >= 4 is 11.4 Å². The second kappa shape index (κ2) is 5.61. The fraction of sp³-hybridized carbons (Fsp3) is 0.429. The van der Waals surface area contributed by atoms with Gasteiger partial charge in [0.15, 0.2) is 0 Å². The molecule has 0 spiro atoms. The van der Waals surface area contributed by atoms with Crippen molar-refractivity contribution in [3.63, 3.8) is 0 Å². The van der Waals surface area contributed by atoms with E-state index >= 15 is 0 Å². The average Bonchev–Trinajstić information content (AvgIpc) is 2.77. The quantitative estimate of drug-likeness (QED) is 0.871. The molecule has 2 unspecified atom stereocenters. The number of hydrogen-bond donors (Lipinski definition) is 1. The first-order chi connectivity index (χ1) is 11.8. The minimum atomic E-state index is -0.423. The Morgan fingerprint density at radius 2 is 1.58 bits per heavy atom. The summed E-state index contributed by atoms with van der Waals surface area (Å²) in [4.78, 5) is 5.16. The second-order valence-corrected chi connectivity index (χ2v) is 7.48. The summed E-state index contributed by atoms with van der Waals surface area (Å²) in [5, 5.41) is 10.8. The van der Waals surface area contributed by atoms with Crippen LogP contribution < -0.4 is 4.90 Å². The highest BCUT2D eigenvalue weighted by Gasteiger charge is 2.40. The fourth-order valence-electron chi connectivity index (χ4n) is 4.94. The van der Waals surface area contributed by atoms with E-state index in [0.717, 1.165) is 18.0 Å². The third-order valence-corrected chi connectivity index (χ3v) is 6.17. The van der Waals surface area contributed by atoms with E-state index in [4.69, 9.17) is 0 Å². The zero-order valence-electron chi connectivity index (χ0n) is 13.9. The summed E-state index contributed by atoms with van der Waals surface area (Å²) in [6.07, 6.45) is 2.88. The molecule has 0 aromatic heterocycles. The molecule has 3 nitrogen and oxygen atoms in total. The molecule has 0 saturated carbocycles. The van der Waals surface area contributed by atoms with Crippen molar-refractivity contribution in [3.05, 3.63) is 59.7 Å². The van der Waals surface area contributed by atoms with Crippen molar-refractivity contribution in [1.82, 2.24) is 4.90 Å². The van der Waals surface area contributed by atoms with Crippen LogP contribution in [0.3, 0.4) is 0 Å². The zero-order valence-corrected chi connectivity index (χ0v) is 13.9. The van der Waals surface area contributed by atoms with E-state index < -0.39 is 6.10 Å². The first kappa shape index (κ1) is 14.5. The van der Waals surface area contributed by atoms with Gasteiger partial charge in [0.25, 0.3) is 0 Å². The van der Waals surface area contributed by atoms with Crippen molar-refractivity contribution in [1.29, 1.82) is 0 Å². The maximum atomic E-state index is 10.8. The van der Waals surface area contributed by atoms with Crippen LogP contribution in [0.1, 0.15) is 30.1 Å². The molecule has 124 valence electrons. The summed E-state index contributed by atoms with van der Waals surface area (Å²) < 4.78 is 0. The van der Waals surface area contributed by atoms with E-state index in [1.165, 1.54) is 42.9 Å². The number of hydrogen-bond acceptors (Lipinski definition) is 3. The molecule has 6 rings (SSSR count). The lowest BCUT2D eigenvalue weighted by atomic mass is 9.82. The van der Waals surface area contributed by atoms with Crippen molar-refractivity contribution in [2.75, 3.05) is 24.5 Å². The Kier molecular flexibility index (Phi) is 3.39. The number of rotatable bonds is 1. The predicted molar refractivity (Wildman–Crippen MR) is 96.6 cm³/mol. The molecule has 24 heavy (non-hydrogen) atoms. The van der Waals surface area contributed by atoms with Gasteiger partial charge in [0.05, 0.1) is 6.10 Å². The second-order valence-electron chi connectivity index (χ2n) is 7.48. The molecule has 3 saturated heterocycles. The maximum absolute atomic E-state index is 10.8. The van der Waals surface area contributed by atoms with Crippen LogP contribution in [0.4, 0.5) is 11.4 Å². The third kappa shape index (κ3) is 2.19. The Morgan fingerprint density at radius 1 is 0.875 bits per heavy atom. The number of aliphatic hydroxyl groups is 1. The van der Waals surface area contributed by atoms with Gasteiger partial charge in [-0.3, -0.25) is 0 Å². The van der Waals surface area contributed by atoms with Crippen LogP contribution in [0.2, 0.25) is 0 Å². The Bertz CT molecular complexity index is 751. The molecule has 2 aromatic rings. The monoisotopic (exact) mass is 320 g/mol. The molecule has 4 heterocycles. The van der Waals surface area contributed by atoms with Crippen LogP contribution >= 0.6 is 0 Å². The maximum Gasteiger partial charge on any atom is 0.0851 e. The number of para-hydroxylation sites is 2. The van der Waals surface area contributed by atoms with Gasteiger partial charge in [0.1, 0.15) is 0 Å². The van der Waals surface area contributed by atoms with Gasteiger partial charge in [0.2, 0.25) is 0 Å². The van der Waals surface area contributed by atoms with Crippen molar-refractivity contribution in [2.45, 2.75) is 31.4 Å². The molecular formula is C21H24N2O. The van der Waals surface area contributed by atoms with Crippen LogP contribution in [0.25, 0.3) is 0 Å². The normalized spacial score (nSPS) is 31.3. The summed E-state index contributed by atoms with van der Waals surface area (Å²) >= 11 is 0. The highest BCUT2D eigenvalue weighted by atomic mass is 16.3. The van der Waals surface area contributed by atoms with Gasteiger partial charge < -0.3 is 14.9 Å². The molecule has 0 aliphatic carbocycles. The topological polar surface area (TPSA) is 26.7 Å². The minimum Gasteiger partial charge on any atom is -0.388 e. The molecule has 4 aliphatic heterocycles. The van der Waals surface area contributed by atoms with Gasteiger partial charge in [0, 0.05) is 35.9 Å². The number of anilines is 2. The average molecular weight is 320 g/mol. The molecule has 4 aliphatic rings. The van der Waals surface area contributed by atoms with Gasteiger partial charge in [-0.05, 0) is 49.5 Å². The lowest BCUT2D eigenvalue weighted by molar-refractivity contribution is 0.0894.